The molecule has 2 aromatic rings. The second-order valence-corrected chi connectivity index (χ2v) is 5.65. The lowest BCUT2D eigenvalue weighted by atomic mass is 10.0. The Hall–Kier alpha value is -2.46. The number of ether oxygens (including phenoxy) is 1. The molecular formula is C18H15NO3. The van der Waals surface area contributed by atoms with Crippen LogP contribution in [0.3, 0.4) is 0 Å². The predicted molar refractivity (Wildman–Crippen MR) is 80.6 cm³/mol. The van der Waals surface area contributed by atoms with Gasteiger partial charge in [0.05, 0.1) is 23.8 Å². The smallest absolute Gasteiger partial charge is 0.261 e. The highest BCUT2D eigenvalue weighted by molar-refractivity contribution is 6.21. The van der Waals surface area contributed by atoms with Gasteiger partial charge in [-0.15, -0.1) is 0 Å². The third-order valence-electron chi connectivity index (χ3n) is 4.23. The molecule has 22 heavy (non-hydrogen) atoms. The van der Waals surface area contributed by atoms with Crippen molar-refractivity contribution in [3.8, 4) is 0 Å². The number of nitrogens with zero attached hydrogens (tertiary/aromatic N) is 1. The first-order valence-corrected chi connectivity index (χ1v) is 7.38. The van der Waals surface area contributed by atoms with Crippen molar-refractivity contribution >= 4 is 11.8 Å². The van der Waals surface area contributed by atoms with Crippen molar-refractivity contribution in [3.63, 3.8) is 0 Å². The van der Waals surface area contributed by atoms with E-state index in [2.05, 4.69) is 0 Å². The second-order valence-electron chi connectivity index (χ2n) is 5.65. The molecule has 2 amide bonds. The summed E-state index contributed by atoms with van der Waals surface area (Å²) in [6, 6.07) is 16.6. The fourth-order valence-corrected chi connectivity index (χ4v) is 3.03. The average molecular weight is 293 g/mol. The molecular weight excluding hydrogens is 278 g/mol. The minimum Gasteiger partial charge on any atom is -0.371 e. The van der Waals surface area contributed by atoms with Gasteiger partial charge in [-0.1, -0.05) is 42.5 Å². The highest BCUT2D eigenvalue weighted by Gasteiger charge is 2.46. The van der Waals surface area contributed by atoms with Crippen LogP contribution >= 0.6 is 0 Å². The molecule has 0 aromatic heterocycles. The quantitative estimate of drug-likeness (QED) is 0.642. The van der Waals surface area contributed by atoms with Crippen LogP contribution in [0.1, 0.15) is 26.3 Å². The molecule has 0 aliphatic carbocycles. The monoisotopic (exact) mass is 293 g/mol. The summed E-state index contributed by atoms with van der Waals surface area (Å²) >= 11 is 0. The molecule has 110 valence electrons. The Bertz CT molecular complexity index is 702. The molecule has 2 aliphatic rings. The van der Waals surface area contributed by atoms with Crippen molar-refractivity contribution in [1.82, 2.24) is 4.90 Å². The first-order chi connectivity index (χ1) is 10.8. The van der Waals surface area contributed by atoms with Gasteiger partial charge in [-0.05, 0) is 24.1 Å². The van der Waals surface area contributed by atoms with Gasteiger partial charge in [0.1, 0.15) is 6.10 Å². The van der Waals surface area contributed by atoms with Gasteiger partial charge < -0.3 is 4.74 Å². The first kappa shape index (κ1) is 13.2. The molecule has 2 aliphatic heterocycles. The molecule has 4 rings (SSSR count). The van der Waals surface area contributed by atoms with Crippen molar-refractivity contribution in [2.75, 3.05) is 6.61 Å². The van der Waals surface area contributed by atoms with Gasteiger partial charge in [0, 0.05) is 0 Å². The van der Waals surface area contributed by atoms with E-state index in [1.54, 1.807) is 24.3 Å². The molecule has 2 heterocycles. The topological polar surface area (TPSA) is 49.9 Å². The molecule has 4 heteroatoms. The Labute approximate surface area is 128 Å². The molecule has 0 radical (unpaired) electrons. The SMILES string of the molecule is O=C1c2ccccc2C(=O)N1[C@@H](Cc1ccccc1)[C@@H]1CO1. The molecule has 1 saturated heterocycles. The number of carbonyl (C=O) groups excluding carboxylic acids is 2. The van der Waals surface area contributed by atoms with Gasteiger partial charge in [0.25, 0.3) is 11.8 Å². The Morgan fingerprint density at radius 1 is 0.955 bits per heavy atom. The van der Waals surface area contributed by atoms with Crippen molar-refractivity contribution in [2.45, 2.75) is 18.6 Å². The zero-order valence-electron chi connectivity index (χ0n) is 11.9. The predicted octanol–water partition coefficient (Wildman–Crippen LogP) is 2.29. The number of imide groups is 1. The van der Waals surface area contributed by atoms with Gasteiger partial charge in [-0.25, -0.2) is 0 Å². The molecule has 0 N–H and O–H groups in total. The van der Waals surface area contributed by atoms with Crippen LogP contribution in [0, 0.1) is 0 Å². The van der Waals surface area contributed by atoms with E-state index >= 15 is 0 Å². The number of rotatable bonds is 4. The summed E-state index contributed by atoms with van der Waals surface area (Å²) in [6.07, 6.45) is 0.569. The Morgan fingerprint density at radius 3 is 2.05 bits per heavy atom. The summed E-state index contributed by atoms with van der Waals surface area (Å²) in [6.45, 7) is 0.602. The maximum absolute atomic E-state index is 12.6. The standard InChI is InChI=1S/C18H15NO3/c20-17-13-8-4-5-9-14(13)18(21)19(17)15(16-11-22-16)10-12-6-2-1-3-7-12/h1-9,15-16H,10-11H2/t15-,16-/m0/s1. The summed E-state index contributed by atoms with van der Waals surface area (Å²) < 4.78 is 5.40. The number of carbonyl (C=O) groups is 2. The maximum atomic E-state index is 12.6. The maximum Gasteiger partial charge on any atom is 0.261 e. The zero-order chi connectivity index (χ0) is 15.1. The van der Waals surface area contributed by atoms with Crippen molar-refractivity contribution in [1.29, 1.82) is 0 Å². The van der Waals surface area contributed by atoms with E-state index in [9.17, 15) is 9.59 Å². The molecule has 0 spiro atoms. The Morgan fingerprint density at radius 2 is 1.50 bits per heavy atom. The molecule has 2 atom stereocenters. The van der Waals surface area contributed by atoms with Gasteiger partial charge in [0.2, 0.25) is 0 Å². The number of hydrogen-bond donors (Lipinski definition) is 0. The van der Waals surface area contributed by atoms with Crippen LogP contribution < -0.4 is 0 Å². The minimum atomic E-state index is -0.241. The van der Waals surface area contributed by atoms with Crippen LogP contribution in [0.4, 0.5) is 0 Å². The fraction of sp³-hybridized carbons (Fsp3) is 0.222. The van der Waals surface area contributed by atoms with Gasteiger partial charge in [-0.3, -0.25) is 14.5 Å². The average Bonchev–Trinajstić information content (AvgIpc) is 3.36. The number of fused-ring (bicyclic) bond motifs is 1. The highest BCUT2D eigenvalue weighted by atomic mass is 16.6. The van der Waals surface area contributed by atoms with E-state index in [1.165, 1.54) is 4.90 Å². The minimum absolute atomic E-state index is 0.0533. The second kappa shape index (κ2) is 5.07. The van der Waals surface area contributed by atoms with Crippen LogP contribution in [0.2, 0.25) is 0 Å². The van der Waals surface area contributed by atoms with Gasteiger partial charge in [-0.2, -0.15) is 0 Å². The van der Waals surface area contributed by atoms with E-state index in [0.717, 1.165) is 5.56 Å². The van der Waals surface area contributed by atoms with Crippen LogP contribution in [-0.4, -0.2) is 35.5 Å². The molecule has 2 aromatic carbocycles. The molecule has 0 unspecified atom stereocenters. The number of hydrogen-bond acceptors (Lipinski definition) is 3. The van der Waals surface area contributed by atoms with Crippen LogP contribution in [-0.2, 0) is 11.2 Å². The summed E-state index contributed by atoms with van der Waals surface area (Å²) in [5, 5.41) is 0. The lowest BCUT2D eigenvalue weighted by Crippen LogP contribution is -2.44. The number of epoxide rings is 1. The van der Waals surface area contributed by atoms with E-state index in [1.807, 2.05) is 30.3 Å². The van der Waals surface area contributed by atoms with Crippen LogP contribution in [0.15, 0.2) is 54.6 Å². The molecule has 4 nitrogen and oxygen atoms in total. The number of amides is 2. The van der Waals surface area contributed by atoms with Crippen molar-refractivity contribution < 1.29 is 14.3 Å². The summed E-state index contributed by atoms with van der Waals surface area (Å²) in [7, 11) is 0. The highest BCUT2D eigenvalue weighted by Crippen LogP contribution is 2.31. The largest absolute Gasteiger partial charge is 0.371 e. The normalized spacial score (nSPS) is 20.9. The summed E-state index contributed by atoms with van der Waals surface area (Å²) in [4.78, 5) is 26.6. The zero-order valence-corrected chi connectivity index (χ0v) is 11.9. The lowest BCUT2D eigenvalue weighted by Gasteiger charge is -2.25. The summed E-state index contributed by atoms with van der Waals surface area (Å²) in [5.74, 6) is -0.422. The Kier molecular flexibility index (Phi) is 3.05. The number of benzene rings is 2. The van der Waals surface area contributed by atoms with E-state index in [-0.39, 0.29) is 24.0 Å². The van der Waals surface area contributed by atoms with E-state index in [0.29, 0.717) is 24.2 Å². The van der Waals surface area contributed by atoms with Crippen LogP contribution in [0.5, 0.6) is 0 Å². The Balaban J connectivity index is 1.67. The van der Waals surface area contributed by atoms with Gasteiger partial charge >= 0.3 is 0 Å². The third-order valence-corrected chi connectivity index (χ3v) is 4.23. The molecule has 0 bridgehead atoms. The third kappa shape index (κ3) is 2.12. The van der Waals surface area contributed by atoms with Gasteiger partial charge in [0.15, 0.2) is 0 Å². The van der Waals surface area contributed by atoms with Crippen LogP contribution in [0.25, 0.3) is 0 Å². The molecule has 0 saturated carbocycles. The first-order valence-electron chi connectivity index (χ1n) is 7.38. The van der Waals surface area contributed by atoms with E-state index in [4.69, 9.17) is 4.74 Å². The summed E-state index contributed by atoms with van der Waals surface area (Å²) in [5.41, 5.74) is 2.08. The fourth-order valence-electron chi connectivity index (χ4n) is 3.03. The van der Waals surface area contributed by atoms with E-state index < -0.39 is 0 Å². The van der Waals surface area contributed by atoms with Crippen molar-refractivity contribution in [3.05, 3.63) is 71.3 Å². The molecule has 1 fully saturated rings. The van der Waals surface area contributed by atoms with Crippen molar-refractivity contribution in [2.24, 2.45) is 0 Å². The lowest BCUT2D eigenvalue weighted by molar-refractivity contribution is 0.0555.